The number of piperidine rings is 1. The first-order chi connectivity index (χ1) is 8.83. The molecule has 0 bridgehead atoms. The number of fused-ring (bicyclic) bond motifs is 1. The Labute approximate surface area is 111 Å². The predicted molar refractivity (Wildman–Crippen MR) is 76.1 cm³/mol. The first kappa shape index (κ1) is 11.9. The fourth-order valence-corrected chi connectivity index (χ4v) is 3.34. The SMILES string of the molecule is CN1CCCC(CNc2ncnc3sccc23)C1. The molecule has 3 rings (SSSR count). The van der Waals surface area contributed by atoms with Gasteiger partial charge in [0, 0.05) is 13.1 Å². The van der Waals surface area contributed by atoms with Crippen LogP contribution in [0.2, 0.25) is 0 Å². The second-order valence-electron chi connectivity index (χ2n) is 5.01. The fourth-order valence-electron chi connectivity index (χ4n) is 2.61. The molecule has 96 valence electrons. The molecule has 1 saturated heterocycles. The third-order valence-corrected chi connectivity index (χ3v) is 4.36. The number of hydrogen-bond donors (Lipinski definition) is 1. The molecule has 1 aliphatic rings. The van der Waals surface area contributed by atoms with Gasteiger partial charge in [0.25, 0.3) is 0 Å². The molecule has 3 heterocycles. The Morgan fingerprint density at radius 3 is 3.33 bits per heavy atom. The van der Waals surface area contributed by atoms with Crippen LogP contribution >= 0.6 is 11.3 Å². The minimum absolute atomic E-state index is 0.729. The molecule has 0 amide bonds. The second kappa shape index (κ2) is 5.20. The maximum Gasteiger partial charge on any atom is 0.138 e. The van der Waals surface area contributed by atoms with Crippen LogP contribution in [0.4, 0.5) is 5.82 Å². The minimum atomic E-state index is 0.729. The van der Waals surface area contributed by atoms with Crippen LogP contribution in [0.15, 0.2) is 17.8 Å². The summed E-state index contributed by atoms with van der Waals surface area (Å²) in [4.78, 5) is 12.1. The van der Waals surface area contributed by atoms with Crippen molar-refractivity contribution in [1.29, 1.82) is 0 Å². The van der Waals surface area contributed by atoms with Crippen molar-refractivity contribution in [3.05, 3.63) is 17.8 Å². The fraction of sp³-hybridized carbons (Fsp3) is 0.538. The number of nitrogens with one attached hydrogen (secondary N) is 1. The average Bonchev–Trinajstić information content (AvgIpc) is 2.85. The highest BCUT2D eigenvalue weighted by molar-refractivity contribution is 7.16. The van der Waals surface area contributed by atoms with Crippen LogP contribution in [0.5, 0.6) is 0 Å². The van der Waals surface area contributed by atoms with Crippen molar-refractivity contribution in [3.8, 4) is 0 Å². The van der Waals surface area contributed by atoms with Crippen LogP contribution in [-0.4, -0.2) is 41.5 Å². The molecule has 0 aliphatic carbocycles. The maximum absolute atomic E-state index is 4.35. The lowest BCUT2D eigenvalue weighted by molar-refractivity contribution is 0.217. The van der Waals surface area contributed by atoms with E-state index in [0.29, 0.717) is 0 Å². The van der Waals surface area contributed by atoms with Crippen LogP contribution in [0, 0.1) is 5.92 Å². The standard InChI is InChI=1S/C13H18N4S/c1-17-5-2-3-10(8-17)7-14-12-11-4-6-18-13(11)16-9-15-12/h4,6,9-10H,2-3,5,7-8H2,1H3,(H,14,15,16). The molecule has 4 nitrogen and oxygen atoms in total. The van der Waals surface area contributed by atoms with E-state index in [1.54, 1.807) is 17.7 Å². The van der Waals surface area contributed by atoms with Gasteiger partial charge in [0.05, 0.1) is 5.39 Å². The van der Waals surface area contributed by atoms with Crippen molar-refractivity contribution in [2.75, 3.05) is 32.0 Å². The highest BCUT2D eigenvalue weighted by Crippen LogP contribution is 2.24. The summed E-state index contributed by atoms with van der Waals surface area (Å²) in [6.07, 6.45) is 4.27. The lowest BCUT2D eigenvalue weighted by Crippen LogP contribution is -2.35. The Balaban J connectivity index is 1.67. The molecule has 2 aromatic heterocycles. The maximum atomic E-state index is 4.35. The van der Waals surface area contributed by atoms with E-state index in [1.165, 1.54) is 25.9 Å². The Morgan fingerprint density at radius 2 is 2.44 bits per heavy atom. The molecule has 1 aliphatic heterocycles. The van der Waals surface area contributed by atoms with Gasteiger partial charge in [-0.1, -0.05) is 0 Å². The second-order valence-corrected chi connectivity index (χ2v) is 5.91. The molecule has 18 heavy (non-hydrogen) atoms. The summed E-state index contributed by atoms with van der Waals surface area (Å²) in [5.41, 5.74) is 0. The Kier molecular flexibility index (Phi) is 3.43. The van der Waals surface area contributed by atoms with Gasteiger partial charge in [-0.2, -0.15) is 0 Å². The van der Waals surface area contributed by atoms with E-state index in [-0.39, 0.29) is 0 Å². The van der Waals surface area contributed by atoms with Crippen LogP contribution in [-0.2, 0) is 0 Å². The van der Waals surface area contributed by atoms with E-state index in [4.69, 9.17) is 0 Å². The number of rotatable bonds is 3. The van der Waals surface area contributed by atoms with E-state index in [2.05, 4.69) is 38.7 Å². The molecule has 0 radical (unpaired) electrons. The van der Waals surface area contributed by atoms with Crippen LogP contribution < -0.4 is 5.32 Å². The highest BCUT2D eigenvalue weighted by atomic mass is 32.1. The summed E-state index contributed by atoms with van der Waals surface area (Å²) in [6.45, 7) is 3.43. The first-order valence-electron chi connectivity index (χ1n) is 6.43. The first-order valence-corrected chi connectivity index (χ1v) is 7.31. The summed E-state index contributed by atoms with van der Waals surface area (Å²) >= 11 is 1.66. The average molecular weight is 262 g/mol. The Morgan fingerprint density at radius 1 is 1.50 bits per heavy atom. The largest absolute Gasteiger partial charge is 0.369 e. The zero-order valence-corrected chi connectivity index (χ0v) is 11.4. The molecule has 1 fully saturated rings. The van der Waals surface area contributed by atoms with Gasteiger partial charge in [0.1, 0.15) is 17.0 Å². The van der Waals surface area contributed by atoms with E-state index in [1.807, 2.05) is 0 Å². The lowest BCUT2D eigenvalue weighted by atomic mass is 9.98. The van der Waals surface area contributed by atoms with Gasteiger partial charge in [0.2, 0.25) is 0 Å². The van der Waals surface area contributed by atoms with Crippen molar-refractivity contribution in [2.45, 2.75) is 12.8 Å². The molecule has 0 saturated carbocycles. The molecule has 1 unspecified atom stereocenters. The number of thiophene rings is 1. The van der Waals surface area contributed by atoms with Crippen LogP contribution in [0.3, 0.4) is 0 Å². The van der Waals surface area contributed by atoms with E-state index < -0.39 is 0 Å². The van der Waals surface area contributed by atoms with Gasteiger partial charge >= 0.3 is 0 Å². The lowest BCUT2D eigenvalue weighted by Gasteiger charge is -2.29. The van der Waals surface area contributed by atoms with Crippen molar-refractivity contribution in [1.82, 2.24) is 14.9 Å². The van der Waals surface area contributed by atoms with E-state index in [0.717, 1.165) is 28.5 Å². The number of aromatic nitrogens is 2. The van der Waals surface area contributed by atoms with Gasteiger partial charge in [-0.15, -0.1) is 11.3 Å². The predicted octanol–water partition coefficient (Wildman–Crippen LogP) is 2.45. The molecule has 2 aromatic rings. The smallest absolute Gasteiger partial charge is 0.138 e. The normalized spacial score (nSPS) is 21.3. The third kappa shape index (κ3) is 2.47. The monoisotopic (exact) mass is 262 g/mol. The van der Waals surface area contributed by atoms with Crippen molar-refractivity contribution >= 4 is 27.4 Å². The number of nitrogens with zero attached hydrogens (tertiary/aromatic N) is 3. The van der Waals surface area contributed by atoms with Gasteiger partial charge in [-0.25, -0.2) is 9.97 Å². The quantitative estimate of drug-likeness (QED) is 0.922. The Hall–Kier alpha value is -1.20. The topological polar surface area (TPSA) is 41.0 Å². The summed E-state index contributed by atoms with van der Waals surface area (Å²) in [6, 6.07) is 2.09. The molecular formula is C13H18N4S. The summed E-state index contributed by atoms with van der Waals surface area (Å²) < 4.78 is 0. The number of hydrogen-bond acceptors (Lipinski definition) is 5. The van der Waals surface area contributed by atoms with Crippen molar-refractivity contribution in [2.24, 2.45) is 5.92 Å². The van der Waals surface area contributed by atoms with Crippen LogP contribution in [0.1, 0.15) is 12.8 Å². The molecule has 1 atom stereocenters. The zero-order valence-electron chi connectivity index (χ0n) is 10.6. The Bertz CT molecular complexity index is 524. The minimum Gasteiger partial charge on any atom is -0.369 e. The third-order valence-electron chi connectivity index (χ3n) is 3.54. The number of likely N-dealkylation sites (tertiary alicyclic amines) is 1. The van der Waals surface area contributed by atoms with Gasteiger partial charge in [-0.05, 0) is 43.8 Å². The van der Waals surface area contributed by atoms with Crippen LogP contribution in [0.25, 0.3) is 10.2 Å². The summed E-state index contributed by atoms with van der Waals surface area (Å²) in [7, 11) is 2.20. The van der Waals surface area contributed by atoms with Gasteiger partial charge < -0.3 is 10.2 Å². The van der Waals surface area contributed by atoms with E-state index >= 15 is 0 Å². The zero-order chi connectivity index (χ0) is 12.4. The van der Waals surface area contributed by atoms with E-state index in [9.17, 15) is 0 Å². The molecule has 0 spiro atoms. The molecule has 0 aromatic carbocycles. The van der Waals surface area contributed by atoms with Gasteiger partial charge in [-0.3, -0.25) is 0 Å². The molecule has 5 heteroatoms. The van der Waals surface area contributed by atoms with Crippen molar-refractivity contribution < 1.29 is 0 Å². The molecular weight excluding hydrogens is 244 g/mol. The number of anilines is 1. The molecule has 1 N–H and O–H groups in total. The summed E-state index contributed by atoms with van der Waals surface area (Å²) in [5.74, 6) is 1.71. The van der Waals surface area contributed by atoms with Crippen molar-refractivity contribution in [3.63, 3.8) is 0 Å². The van der Waals surface area contributed by atoms with Gasteiger partial charge in [0.15, 0.2) is 0 Å². The summed E-state index contributed by atoms with van der Waals surface area (Å²) in [5, 5.41) is 6.71. The highest BCUT2D eigenvalue weighted by Gasteiger charge is 2.17.